The molecule has 0 fully saturated rings. The van der Waals surface area contributed by atoms with Gasteiger partial charge in [-0.1, -0.05) is 24.3 Å². The topological polar surface area (TPSA) is 25.4 Å². The van der Waals surface area contributed by atoms with Crippen LogP contribution in [0.2, 0.25) is 0 Å². The van der Waals surface area contributed by atoms with E-state index in [2.05, 4.69) is 42.2 Å². The molecule has 3 heteroatoms. The van der Waals surface area contributed by atoms with E-state index < -0.39 is 0 Å². The lowest BCUT2D eigenvalue weighted by Gasteiger charge is -2.10. The Bertz CT molecular complexity index is 603. The quantitative estimate of drug-likeness (QED) is 0.725. The van der Waals surface area contributed by atoms with Crippen LogP contribution in [0.1, 0.15) is 23.4 Å². The van der Waals surface area contributed by atoms with E-state index in [1.165, 1.54) is 0 Å². The second-order valence-electron chi connectivity index (χ2n) is 5.61. The van der Waals surface area contributed by atoms with E-state index in [0.29, 0.717) is 0 Å². The molecule has 0 spiro atoms. The molecule has 0 radical (unpaired) electrons. The van der Waals surface area contributed by atoms with Gasteiger partial charge in [0.25, 0.3) is 0 Å². The summed E-state index contributed by atoms with van der Waals surface area (Å²) in [7, 11) is 4.15. The smallest absolute Gasteiger partial charge is 0.119 e. The molecule has 0 aliphatic carbocycles. The van der Waals surface area contributed by atoms with Crippen LogP contribution in [-0.2, 0) is 0 Å². The van der Waals surface area contributed by atoms with Crippen molar-refractivity contribution in [2.45, 2.75) is 13.3 Å². The fourth-order valence-corrected chi connectivity index (χ4v) is 2.08. The predicted octanol–water partition coefficient (Wildman–Crippen LogP) is 3.89. The first-order valence-corrected chi connectivity index (χ1v) is 7.63. The molecule has 22 heavy (non-hydrogen) atoms. The lowest BCUT2D eigenvalue weighted by Crippen LogP contribution is -2.15. The van der Waals surface area contributed by atoms with E-state index >= 15 is 0 Å². The van der Waals surface area contributed by atoms with Crippen LogP contribution in [-0.4, -0.2) is 37.1 Å². The summed E-state index contributed by atoms with van der Waals surface area (Å²) in [6.45, 7) is 3.80. The molecule has 0 bridgehead atoms. The number of aromatic nitrogens is 1. The molecule has 1 heterocycles. The maximum absolute atomic E-state index is 5.73. The maximum Gasteiger partial charge on any atom is 0.119 e. The number of nitrogens with zero attached hydrogens (tertiary/aromatic N) is 2. The van der Waals surface area contributed by atoms with Crippen LogP contribution in [0.3, 0.4) is 0 Å². The average molecular weight is 296 g/mol. The van der Waals surface area contributed by atoms with Gasteiger partial charge in [0.05, 0.1) is 12.3 Å². The average Bonchev–Trinajstić information content (AvgIpc) is 2.51. The SMILES string of the molecule is Cc1cccc(/C=C/c2ccc(OCCCN(C)C)cc2)n1. The van der Waals surface area contributed by atoms with Crippen molar-refractivity contribution in [1.29, 1.82) is 0 Å². The van der Waals surface area contributed by atoms with Crippen LogP contribution < -0.4 is 4.74 Å². The van der Waals surface area contributed by atoms with Crippen LogP contribution in [0.15, 0.2) is 42.5 Å². The second kappa shape index (κ2) is 8.35. The Morgan fingerprint density at radius 3 is 2.50 bits per heavy atom. The number of pyridine rings is 1. The highest BCUT2D eigenvalue weighted by atomic mass is 16.5. The van der Waals surface area contributed by atoms with Crippen molar-refractivity contribution in [1.82, 2.24) is 9.88 Å². The molecule has 0 unspecified atom stereocenters. The van der Waals surface area contributed by atoms with Gasteiger partial charge in [0.15, 0.2) is 0 Å². The van der Waals surface area contributed by atoms with Gasteiger partial charge in [0.1, 0.15) is 5.75 Å². The van der Waals surface area contributed by atoms with Gasteiger partial charge in [0, 0.05) is 12.2 Å². The molecule has 0 saturated heterocycles. The number of rotatable bonds is 7. The zero-order valence-corrected chi connectivity index (χ0v) is 13.6. The third-order valence-corrected chi connectivity index (χ3v) is 3.25. The van der Waals surface area contributed by atoms with E-state index in [9.17, 15) is 0 Å². The van der Waals surface area contributed by atoms with Crippen molar-refractivity contribution >= 4 is 12.2 Å². The normalized spacial score (nSPS) is 11.3. The molecule has 116 valence electrons. The van der Waals surface area contributed by atoms with Crippen molar-refractivity contribution in [3.63, 3.8) is 0 Å². The van der Waals surface area contributed by atoms with Crippen molar-refractivity contribution < 1.29 is 4.74 Å². The van der Waals surface area contributed by atoms with Crippen molar-refractivity contribution in [3.8, 4) is 5.75 Å². The van der Waals surface area contributed by atoms with Crippen LogP contribution >= 0.6 is 0 Å². The molecular weight excluding hydrogens is 272 g/mol. The second-order valence-corrected chi connectivity index (χ2v) is 5.61. The van der Waals surface area contributed by atoms with Gasteiger partial charge in [0.2, 0.25) is 0 Å². The molecular formula is C19H24N2O. The summed E-state index contributed by atoms with van der Waals surface area (Å²) in [5.41, 5.74) is 3.15. The van der Waals surface area contributed by atoms with Gasteiger partial charge in [-0.2, -0.15) is 0 Å². The number of aryl methyl sites for hydroxylation is 1. The Labute approximate surface area is 133 Å². The van der Waals surface area contributed by atoms with Crippen molar-refractivity contribution in [2.75, 3.05) is 27.2 Å². The highest BCUT2D eigenvalue weighted by Crippen LogP contribution is 2.14. The molecule has 0 N–H and O–H groups in total. The summed E-state index contributed by atoms with van der Waals surface area (Å²) in [6.07, 6.45) is 5.13. The van der Waals surface area contributed by atoms with Crippen LogP contribution in [0.4, 0.5) is 0 Å². The molecule has 0 amide bonds. The summed E-state index contributed by atoms with van der Waals surface area (Å²) in [5.74, 6) is 0.921. The predicted molar refractivity (Wildman–Crippen MR) is 93.0 cm³/mol. The highest BCUT2D eigenvalue weighted by molar-refractivity contribution is 5.68. The van der Waals surface area contributed by atoms with Gasteiger partial charge in [-0.25, -0.2) is 0 Å². The largest absolute Gasteiger partial charge is 0.494 e. The van der Waals surface area contributed by atoms with E-state index in [1.807, 2.05) is 43.3 Å². The van der Waals surface area contributed by atoms with Crippen LogP contribution in [0, 0.1) is 6.92 Å². The van der Waals surface area contributed by atoms with Gasteiger partial charge < -0.3 is 9.64 Å². The van der Waals surface area contributed by atoms with E-state index in [4.69, 9.17) is 4.74 Å². The molecule has 2 aromatic rings. The Hall–Kier alpha value is -2.13. The Kier molecular flexibility index (Phi) is 6.16. The van der Waals surface area contributed by atoms with Gasteiger partial charge in [-0.05, 0) is 63.3 Å². The summed E-state index contributed by atoms with van der Waals surface area (Å²) in [6, 6.07) is 14.2. The first kappa shape index (κ1) is 16.2. The molecule has 0 aliphatic heterocycles. The van der Waals surface area contributed by atoms with Gasteiger partial charge >= 0.3 is 0 Å². The third kappa shape index (κ3) is 5.70. The Morgan fingerprint density at radius 1 is 1.05 bits per heavy atom. The molecule has 1 aromatic carbocycles. The lowest BCUT2D eigenvalue weighted by molar-refractivity contribution is 0.281. The lowest BCUT2D eigenvalue weighted by atomic mass is 10.2. The number of hydrogen-bond donors (Lipinski definition) is 0. The molecule has 3 nitrogen and oxygen atoms in total. The van der Waals surface area contributed by atoms with Crippen LogP contribution in [0.5, 0.6) is 5.75 Å². The summed E-state index contributed by atoms with van der Waals surface area (Å²) >= 11 is 0. The van der Waals surface area contributed by atoms with E-state index in [-0.39, 0.29) is 0 Å². The zero-order valence-electron chi connectivity index (χ0n) is 13.6. The zero-order chi connectivity index (χ0) is 15.8. The summed E-state index contributed by atoms with van der Waals surface area (Å²) < 4.78 is 5.73. The number of hydrogen-bond acceptors (Lipinski definition) is 3. The van der Waals surface area contributed by atoms with Crippen molar-refractivity contribution in [3.05, 3.63) is 59.4 Å². The van der Waals surface area contributed by atoms with E-state index in [1.54, 1.807) is 0 Å². The molecule has 0 saturated carbocycles. The van der Waals surface area contributed by atoms with Crippen molar-refractivity contribution in [2.24, 2.45) is 0 Å². The maximum atomic E-state index is 5.73. The number of ether oxygens (including phenoxy) is 1. The third-order valence-electron chi connectivity index (χ3n) is 3.25. The number of benzene rings is 1. The minimum absolute atomic E-state index is 0.751. The monoisotopic (exact) mass is 296 g/mol. The molecule has 0 aliphatic rings. The Morgan fingerprint density at radius 2 is 1.82 bits per heavy atom. The van der Waals surface area contributed by atoms with Gasteiger partial charge in [-0.3, -0.25) is 4.98 Å². The fourth-order valence-electron chi connectivity index (χ4n) is 2.08. The fraction of sp³-hybridized carbons (Fsp3) is 0.316. The highest BCUT2D eigenvalue weighted by Gasteiger charge is 1.96. The molecule has 2 rings (SSSR count). The molecule has 0 atom stereocenters. The van der Waals surface area contributed by atoms with Gasteiger partial charge in [-0.15, -0.1) is 0 Å². The van der Waals surface area contributed by atoms with E-state index in [0.717, 1.165) is 42.3 Å². The van der Waals surface area contributed by atoms with Crippen LogP contribution in [0.25, 0.3) is 12.2 Å². The first-order valence-electron chi connectivity index (χ1n) is 7.63. The minimum Gasteiger partial charge on any atom is -0.494 e. The summed E-state index contributed by atoms with van der Waals surface area (Å²) in [5, 5.41) is 0. The Balaban J connectivity index is 1.86. The minimum atomic E-state index is 0.751. The molecule has 1 aromatic heterocycles. The first-order chi connectivity index (χ1) is 10.6. The standard InChI is InChI=1S/C19H24N2O/c1-16-6-4-7-18(20-16)11-8-17-9-12-19(13-10-17)22-15-5-14-21(2)3/h4,6-13H,5,14-15H2,1-3H3/b11-8+. The summed E-state index contributed by atoms with van der Waals surface area (Å²) in [4.78, 5) is 6.62.